The van der Waals surface area contributed by atoms with Gasteiger partial charge < -0.3 is 15.4 Å². The molecule has 0 bridgehead atoms. The van der Waals surface area contributed by atoms with E-state index < -0.39 is 33.6 Å². The van der Waals surface area contributed by atoms with Crippen LogP contribution >= 0.6 is 0 Å². The second-order valence-electron chi connectivity index (χ2n) is 8.47. The standard InChI is InChI=1S/C25H30N2O5S/c1-6-32-24(28)22-21(14-33(30,31)20-12-7-16(4)17(5)13-20)26-25(29)27-23(22)19-10-8-18(9-11-19)15(2)3/h7-13,15,23H,6,14H2,1-5H3,(H2,26,27,29). The normalized spacial score (nSPS) is 16.4. The summed E-state index contributed by atoms with van der Waals surface area (Å²) in [6, 6.07) is 11.0. The van der Waals surface area contributed by atoms with Crippen LogP contribution in [0.5, 0.6) is 0 Å². The van der Waals surface area contributed by atoms with E-state index >= 15 is 0 Å². The summed E-state index contributed by atoms with van der Waals surface area (Å²) in [6.45, 7) is 9.66. The van der Waals surface area contributed by atoms with Crippen LogP contribution in [0.1, 0.15) is 55.0 Å². The Morgan fingerprint density at radius 2 is 1.73 bits per heavy atom. The van der Waals surface area contributed by atoms with Crippen molar-refractivity contribution in [2.24, 2.45) is 0 Å². The number of benzene rings is 2. The molecule has 0 fully saturated rings. The Morgan fingerprint density at radius 1 is 1.06 bits per heavy atom. The van der Waals surface area contributed by atoms with Crippen LogP contribution in [0.2, 0.25) is 0 Å². The van der Waals surface area contributed by atoms with E-state index in [-0.39, 0.29) is 22.8 Å². The average molecular weight is 471 g/mol. The number of ether oxygens (including phenoxy) is 1. The number of sulfone groups is 1. The fraction of sp³-hybridized carbons (Fsp3) is 0.360. The first-order chi connectivity index (χ1) is 15.5. The molecular formula is C25H30N2O5S. The van der Waals surface area contributed by atoms with E-state index in [0.717, 1.165) is 16.7 Å². The minimum Gasteiger partial charge on any atom is -0.463 e. The molecule has 0 radical (unpaired) electrons. The zero-order valence-corrected chi connectivity index (χ0v) is 20.4. The summed E-state index contributed by atoms with van der Waals surface area (Å²) < 4.78 is 31.6. The minimum absolute atomic E-state index is 0.0216. The Balaban J connectivity index is 2.09. The van der Waals surface area contributed by atoms with Gasteiger partial charge >= 0.3 is 12.0 Å². The van der Waals surface area contributed by atoms with E-state index in [1.165, 1.54) is 6.07 Å². The van der Waals surface area contributed by atoms with Crippen molar-refractivity contribution in [3.8, 4) is 0 Å². The third-order valence-corrected chi connectivity index (χ3v) is 7.40. The quantitative estimate of drug-likeness (QED) is 0.594. The third-order valence-electron chi connectivity index (χ3n) is 5.76. The summed E-state index contributed by atoms with van der Waals surface area (Å²) in [6.07, 6.45) is 0. The smallest absolute Gasteiger partial charge is 0.338 e. The van der Waals surface area contributed by atoms with Gasteiger partial charge in [0.25, 0.3) is 0 Å². The Kier molecular flexibility index (Phi) is 7.27. The van der Waals surface area contributed by atoms with Gasteiger partial charge in [-0.25, -0.2) is 18.0 Å². The maximum Gasteiger partial charge on any atom is 0.338 e. The predicted octanol–water partition coefficient (Wildman–Crippen LogP) is 4.07. The van der Waals surface area contributed by atoms with Crippen LogP contribution in [0.4, 0.5) is 4.79 Å². The number of hydrogen-bond acceptors (Lipinski definition) is 5. The molecule has 0 saturated carbocycles. The van der Waals surface area contributed by atoms with Gasteiger partial charge in [0.1, 0.15) is 0 Å². The highest BCUT2D eigenvalue weighted by molar-refractivity contribution is 7.91. The van der Waals surface area contributed by atoms with Crippen LogP contribution < -0.4 is 10.6 Å². The molecule has 0 aromatic heterocycles. The Bertz CT molecular complexity index is 1200. The molecule has 0 saturated heterocycles. The van der Waals surface area contributed by atoms with Gasteiger partial charge in [0.05, 0.1) is 28.9 Å². The number of esters is 1. The van der Waals surface area contributed by atoms with Gasteiger partial charge in [0.15, 0.2) is 9.84 Å². The molecule has 1 unspecified atom stereocenters. The van der Waals surface area contributed by atoms with Crippen molar-refractivity contribution in [2.45, 2.75) is 51.5 Å². The van der Waals surface area contributed by atoms with Crippen molar-refractivity contribution >= 4 is 21.8 Å². The van der Waals surface area contributed by atoms with E-state index in [1.54, 1.807) is 19.1 Å². The first kappa shape index (κ1) is 24.5. The third kappa shape index (κ3) is 5.45. The number of carbonyl (C=O) groups is 2. The van der Waals surface area contributed by atoms with Crippen molar-refractivity contribution in [1.82, 2.24) is 10.6 Å². The lowest BCUT2D eigenvalue weighted by atomic mass is 9.93. The second-order valence-corrected chi connectivity index (χ2v) is 10.5. The summed E-state index contributed by atoms with van der Waals surface area (Å²) in [4.78, 5) is 25.5. The van der Waals surface area contributed by atoms with Crippen LogP contribution in [0.15, 0.2) is 58.6 Å². The van der Waals surface area contributed by atoms with Gasteiger partial charge in [0, 0.05) is 5.70 Å². The van der Waals surface area contributed by atoms with Gasteiger partial charge in [-0.3, -0.25) is 0 Å². The molecule has 1 heterocycles. The first-order valence-corrected chi connectivity index (χ1v) is 12.6. The summed E-state index contributed by atoms with van der Waals surface area (Å²) >= 11 is 0. The van der Waals surface area contributed by atoms with Gasteiger partial charge in [-0.15, -0.1) is 0 Å². The van der Waals surface area contributed by atoms with E-state index in [1.807, 2.05) is 38.1 Å². The molecule has 7 nitrogen and oxygen atoms in total. The Hall–Kier alpha value is -3.13. The van der Waals surface area contributed by atoms with Gasteiger partial charge in [-0.2, -0.15) is 0 Å². The molecule has 3 rings (SSSR count). The maximum absolute atomic E-state index is 13.2. The van der Waals surface area contributed by atoms with E-state index in [0.29, 0.717) is 11.5 Å². The molecule has 2 aromatic rings. The summed E-state index contributed by atoms with van der Waals surface area (Å²) in [5.41, 5.74) is 3.69. The number of carbonyl (C=O) groups excluding carboxylic acids is 2. The molecule has 0 spiro atoms. The molecule has 1 aliphatic heterocycles. The fourth-order valence-corrected chi connectivity index (χ4v) is 5.09. The van der Waals surface area contributed by atoms with Crippen molar-refractivity contribution in [3.63, 3.8) is 0 Å². The van der Waals surface area contributed by atoms with Crippen LogP contribution in [0.25, 0.3) is 0 Å². The minimum atomic E-state index is -3.84. The summed E-state index contributed by atoms with van der Waals surface area (Å²) in [5.74, 6) is -0.883. The topological polar surface area (TPSA) is 102 Å². The summed E-state index contributed by atoms with van der Waals surface area (Å²) in [7, 11) is -3.84. The lowest BCUT2D eigenvalue weighted by Crippen LogP contribution is -2.47. The molecule has 1 aliphatic rings. The molecule has 176 valence electrons. The first-order valence-electron chi connectivity index (χ1n) is 10.9. The Morgan fingerprint density at radius 3 is 2.30 bits per heavy atom. The number of nitrogens with one attached hydrogen (secondary N) is 2. The number of amides is 2. The fourth-order valence-electron chi connectivity index (χ4n) is 3.69. The molecule has 33 heavy (non-hydrogen) atoms. The van der Waals surface area contributed by atoms with E-state index in [2.05, 4.69) is 24.5 Å². The molecule has 2 N–H and O–H groups in total. The zero-order chi connectivity index (χ0) is 24.3. The van der Waals surface area contributed by atoms with Crippen LogP contribution in [0, 0.1) is 13.8 Å². The van der Waals surface area contributed by atoms with Crippen molar-refractivity contribution < 1.29 is 22.7 Å². The van der Waals surface area contributed by atoms with Crippen LogP contribution in [-0.2, 0) is 19.4 Å². The van der Waals surface area contributed by atoms with E-state index in [9.17, 15) is 18.0 Å². The Labute approximate surface area is 195 Å². The number of aryl methyl sites for hydroxylation is 2. The highest BCUT2D eigenvalue weighted by Crippen LogP contribution is 2.30. The monoisotopic (exact) mass is 470 g/mol. The molecule has 8 heteroatoms. The zero-order valence-electron chi connectivity index (χ0n) is 19.6. The molecule has 2 aromatic carbocycles. The maximum atomic E-state index is 13.2. The van der Waals surface area contributed by atoms with Gasteiger partial charge in [-0.05, 0) is 61.1 Å². The van der Waals surface area contributed by atoms with Gasteiger partial charge in [0.2, 0.25) is 0 Å². The summed E-state index contributed by atoms with van der Waals surface area (Å²) in [5, 5.41) is 5.28. The lowest BCUT2D eigenvalue weighted by Gasteiger charge is -2.29. The van der Waals surface area contributed by atoms with Crippen molar-refractivity contribution in [3.05, 3.63) is 76.0 Å². The number of rotatable bonds is 7. The second kappa shape index (κ2) is 9.79. The van der Waals surface area contributed by atoms with E-state index in [4.69, 9.17) is 4.74 Å². The number of hydrogen-bond donors (Lipinski definition) is 2. The predicted molar refractivity (Wildman–Crippen MR) is 127 cm³/mol. The molecule has 2 amide bonds. The van der Waals surface area contributed by atoms with Crippen molar-refractivity contribution in [1.29, 1.82) is 0 Å². The lowest BCUT2D eigenvalue weighted by molar-refractivity contribution is -0.139. The molecule has 1 atom stereocenters. The molecule has 0 aliphatic carbocycles. The largest absolute Gasteiger partial charge is 0.463 e. The SMILES string of the molecule is CCOC(=O)C1=C(CS(=O)(=O)c2ccc(C)c(C)c2)NC(=O)NC1c1ccc(C(C)C)cc1. The molecular weight excluding hydrogens is 440 g/mol. The average Bonchev–Trinajstić information content (AvgIpc) is 2.75. The van der Waals surface area contributed by atoms with Crippen molar-refractivity contribution in [2.75, 3.05) is 12.4 Å². The number of urea groups is 1. The van der Waals surface area contributed by atoms with Crippen LogP contribution in [0.3, 0.4) is 0 Å². The van der Waals surface area contributed by atoms with Crippen LogP contribution in [-0.4, -0.2) is 32.8 Å². The highest BCUT2D eigenvalue weighted by Gasteiger charge is 2.35. The highest BCUT2D eigenvalue weighted by atomic mass is 32.2. The van der Waals surface area contributed by atoms with Gasteiger partial charge in [-0.1, -0.05) is 44.2 Å².